The van der Waals surface area contributed by atoms with E-state index in [0.717, 1.165) is 9.87 Å². The van der Waals surface area contributed by atoms with E-state index in [-0.39, 0.29) is 11.4 Å². The van der Waals surface area contributed by atoms with Gasteiger partial charge in [0.25, 0.3) is 0 Å². The second kappa shape index (κ2) is 6.45. The smallest absolute Gasteiger partial charge is 0.239 e. The number of anilines is 1. The summed E-state index contributed by atoms with van der Waals surface area (Å²) in [5.41, 5.74) is 1.50. The van der Waals surface area contributed by atoms with E-state index in [0.29, 0.717) is 11.4 Å². The van der Waals surface area contributed by atoms with Crippen LogP contribution >= 0.6 is 11.6 Å². The monoisotopic (exact) mass is 327 g/mol. The van der Waals surface area contributed by atoms with Gasteiger partial charge in [-0.3, -0.25) is 4.31 Å². The number of nitrogens with zero attached hydrogens (tertiary/aromatic N) is 1. The molecule has 0 spiro atoms. The first-order valence-corrected chi connectivity index (χ1v) is 8.43. The molecule has 0 bridgehead atoms. The minimum Gasteiger partial charge on any atom is -0.270 e. The molecule has 0 aliphatic heterocycles. The summed E-state index contributed by atoms with van der Waals surface area (Å²) in [7, 11) is -2.32. The van der Waals surface area contributed by atoms with E-state index in [1.807, 2.05) is 6.07 Å². The molecule has 0 saturated carbocycles. The van der Waals surface area contributed by atoms with Crippen LogP contribution < -0.4 is 4.31 Å². The number of hydrogen-bond acceptors (Lipinski definition) is 2. The SMILES string of the molecule is CN(c1ccccc1F)S(=O)(=O)Cc1cccc(CCl)c1. The molecule has 0 heterocycles. The Morgan fingerprint density at radius 2 is 1.76 bits per heavy atom. The number of hydrogen-bond donors (Lipinski definition) is 0. The lowest BCUT2D eigenvalue weighted by Crippen LogP contribution is -2.28. The Kier molecular flexibility index (Phi) is 4.85. The average Bonchev–Trinajstić information content (AvgIpc) is 2.47. The van der Waals surface area contributed by atoms with Gasteiger partial charge in [0.05, 0.1) is 11.4 Å². The average molecular weight is 328 g/mol. The predicted octanol–water partition coefficient (Wildman–Crippen LogP) is 3.53. The maximum absolute atomic E-state index is 13.7. The molecule has 0 N–H and O–H groups in total. The first kappa shape index (κ1) is 15.8. The molecule has 0 aliphatic rings. The van der Waals surface area contributed by atoms with Crippen LogP contribution in [0, 0.1) is 5.82 Å². The summed E-state index contributed by atoms with van der Waals surface area (Å²) < 4.78 is 39.4. The Balaban J connectivity index is 2.27. The van der Waals surface area contributed by atoms with Gasteiger partial charge in [0, 0.05) is 12.9 Å². The van der Waals surface area contributed by atoms with Crippen molar-refractivity contribution < 1.29 is 12.8 Å². The fourth-order valence-electron chi connectivity index (χ4n) is 1.97. The van der Waals surface area contributed by atoms with Crippen LogP contribution in [0.4, 0.5) is 10.1 Å². The third-order valence-corrected chi connectivity index (χ3v) is 5.14. The molecule has 0 radical (unpaired) electrons. The first-order valence-electron chi connectivity index (χ1n) is 6.29. The summed E-state index contributed by atoms with van der Waals surface area (Å²) in [6.45, 7) is 0. The minimum absolute atomic E-state index is 0.0333. The van der Waals surface area contributed by atoms with Crippen molar-refractivity contribution in [2.24, 2.45) is 0 Å². The molecular weight excluding hydrogens is 313 g/mol. The molecule has 0 saturated heterocycles. The van der Waals surface area contributed by atoms with Gasteiger partial charge in [-0.25, -0.2) is 12.8 Å². The van der Waals surface area contributed by atoms with E-state index in [4.69, 9.17) is 11.6 Å². The number of halogens is 2. The lowest BCUT2D eigenvalue weighted by Gasteiger charge is -2.20. The van der Waals surface area contributed by atoms with Gasteiger partial charge >= 0.3 is 0 Å². The molecule has 0 atom stereocenters. The van der Waals surface area contributed by atoms with Gasteiger partial charge in [-0.05, 0) is 23.3 Å². The van der Waals surface area contributed by atoms with E-state index in [1.54, 1.807) is 24.3 Å². The van der Waals surface area contributed by atoms with Gasteiger partial charge in [-0.1, -0.05) is 36.4 Å². The molecule has 2 aromatic rings. The maximum atomic E-state index is 13.7. The van der Waals surface area contributed by atoms with Crippen LogP contribution in [0.2, 0.25) is 0 Å². The van der Waals surface area contributed by atoms with Crippen LogP contribution in [0.1, 0.15) is 11.1 Å². The van der Waals surface area contributed by atoms with E-state index in [2.05, 4.69) is 0 Å². The Bertz CT molecular complexity index is 734. The molecule has 3 nitrogen and oxygen atoms in total. The lowest BCUT2D eigenvalue weighted by atomic mass is 10.2. The highest BCUT2D eigenvalue weighted by atomic mass is 35.5. The second-order valence-electron chi connectivity index (χ2n) is 4.63. The summed E-state index contributed by atoms with van der Waals surface area (Å²) in [6, 6.07) is 12.8. The van der Waals surface area contributed by atoms with Crippen molar-refractivity contribution in [3.05, 3.63) is 65.5 Å². The molecular formula is C15H15ClFNO2S. The highest BCUT2D eigenvalue weighted by Gasteiger charge is 2.21. The number of rotatable bonds is 5. The van der Waals surface area contributed by atoms with Gasteiger partial charge in [0.15, 0.2) is 0 Å². The number of alkyl halides is 1. The molecule has 112 valence electrons. The van der Waals surface area contributed by atoms with Crippen molar-refractivity contribution >= 4 is 27.3 Å². The Hall–Kier alpha value is -1.59. The third kappa shape index (κ3) is 3.74. The maximum Gasteiger partial charge on any atom is 0.239 e. The van der Waals surface area contributed by atoms with Gasteiger partial charge in [0.1, 0.15) is 5.82 Å². The molecule has 21 heavy (non-hydrogen) atoms. The summed E-state index contributed by atoms with van der Waals surface area (Å²) in [4.78, 5) is 0. The molecule has 0 aromatic heterocycles. The van der Waals surface area contributed by atoms with Crippen LogP contribution in [-0.4, -0.2) is 15.5 Å². The third-order valence-electron chi connectivity index (χ3n) is 3.10. The Morgan fingerprint density at radius 1 is 1.10 bits per heavy atom. The highest BCUT2D eigenvalue weighted by Crippen LogP contribution is 2.22. The van der Waals surface area contributed by atoms with Crippen LogP contribution in [0.25, 0.3) is 0 Å². The standard InChI is InChI=1S/C15H15ClFNO2S/c1-18(15-8-3-2-7-14(15)17)21(19,20)11-13-6-4-5-12(9-13)10-16/h2-9H,10-11H2,1H3. The van der Waals surface area contributed by atoms with Gasteiger partial charge < -0.3 is 0 Å². The van der Waals surface area contributed by atoms with Crippen molar-refractivity contribution in [3.63, 3.8) is 0 Å². The quantitative estimate of drug-likeness (QED) is 0.788. The number of para-hydroxylation sites is 1. The van der Waals surface area contributed by atoms with Crippen molar-refractivity contribution in [2.45, 2.75) is 11.6 Å². The zero-order valence-corrected chi connectivity index (χ0v) is 13.0. The molecule has 2 rings (SSSR count). The van der Waals surface area contributed by atoms with Gasteiger partial charge in [0.2, 0.25) is 10.0 Å². The molecule has 0 amide bonds. The van der Waals surface area contributed by atoms with Crippen LogP contribution in [0.5, 0.6) is 0 Å². The van der Waals surface area contributed by atoms with Crippen molar-refractivity contribution in [2.75, 3.05) is 11.4 Å². The summed E-state index contributed by atoms with van der Waals surface area (Å²) in [5, 5.41) is 0. The van der Waals surface area contributed by atoms with Gasteiger partial charge in [-0.15, -0.1) is 11.6 Å². The minimum atomic E-state index is -3.66. The predicted molar refractivity (Wildman–Crippen MR) is 83.4 cm³/mol. The van der Waals surface area contributed by atoms with Crippen LogP contribution in [0.3, 0.4) is 0 Å². The first-order chi connectivity index (χ1) is 9.94. The highest BCUT2D eigenvalue weighted by molar-refractivity contribution is 7.92. The second-order valence-corrected chi connectivity index (χ2v) is 6.90. The largest absolute Gasteiger partial charge is 0.270 e. The van der Waals surface area contributed by atoms with Crippen molar-refractivity contribution in [3.8, 4) is 0 Å². The lowest BCUT2D eigenvalue weighted by molar-refractivity contribution is 0.589. The molecule has 2 aromatic carbocycles. The summed E-state index contributed by atoms with van der Waals surface area (Å²) in [6.07, 6.45) is 0. The van der Waals surface area contributed by atoms with Crippen LogP contribution in [0.15, 0.2) is 48.5 Å². The number of sulfonamides is 1. The van der Waals surface area contributed by atoms with Crippen molar-refractivity contribution in [1.82, 2.24) is 0 Å². The molecule has 0 fully saturated rings. The van der Waals surface area contributed by atoms with E-state index >= 15 is 0 Å². The molecule has 0 aliphatic carbocycles. The zero-order chi connectivity index (χ0) is 15.5. The van der Waals surface area contributed by atoms with E-state index in [9.17, 15) is 12.8 Å². The Labute approximate surface area is 129 Å². The summed E-state index contributed by atoms with van der Waals surface area (Å²) in [5.74, 6) is -0.461. The Morgan fingerprint density at radius 3 is 2.43 bits per heavy atom. The van der Waals surface area contributed by atoms with E-state index < -0.39 is 15.8 Å². The molecule has 0 unspecified atom stereocenters. The topological polar surface area (TPSA) is 37.4 Å². The van der Waals surface area contributed by atoms with Crippen LogP contribution in [-0.2, 0) is 21.7 Å². The number of benzene rings is 2. The molecule has 6 heteroatoms. The summed E-state index contributed by atoms with van der Waals surface area (Å²) >= 11 is 5.74. The normalized spacial score (nSPS) is 11.4. The fraction of sp³-hybridized carbons (Fsp3) is 0.200. The van der Waals surface area contributed by atoms with Gasteiger partial charge in [-0.2, -0.15) is 0 Å². The van der Waals surface area contributed by atoms with Crippen molar-refractivity contribution in [1.29, 1.82) is 0 Å². The zero-order valence-electron chi connectivity index (χ0n) is 11.5. The fourth-order valence-corrected chi connectivity index (χ4v) is 3.38. The van der Waals surface area contributed by atoms with E-state index in [1.165, 1.54) is 25.2 Å².